The maximum Gasteiger partial charge on any atom is 0.223 e. The summed E-state index contributed by atoms with van der Waals surface area (Å²) in [6.45, 7) is 0.600. The first kappa shape index (κ1) is 15.4. The molecule has 2 aromatic heterocycles. The van der Waals surface area contributed by atoms with Gasteiger partial charge in [-0.2, -0.15) is 0 Å². The highest BCUT2D eigenvalue weighted by atomic mass is 16.2. The van der Waals surface area contributed by atoms with Gasteiger partial charge in [0.2, 0.25) is 5.91 Å². The van der Waals surface area contributed by atoms with E-state index in [-0.39, 0.29) is 23.7 Å². The van der Waals surface area contributed by atoms with Crippen LogP contribution in [-0.4, -0.2) is 27.6 Å². The molecular formula is C19H23N3O2. The van der Waals surface area contributed by atoms with Crippen LogP contribution in [0.5, 0.6) is 0 Å². The van der Waals surface area contributed by atoms with Crippen molar-refractivity contribution in [1.82, 2.24) is 14.7 Å². The number of Topliss-reactive ketones (excluding diaryl/α,β-unsaturated/α-hetero) is 1. The largest absolute Gasteiger partial charge is 0.355 e. The van der Waals surface area contributed by atoms with Gasteiger partial charge in [0.1, 0.15) is 11.4 Å². The lowest BCUT2D eigenvalue weighted by Crippen LogP contribution is -2.43. The molecule has 2 heterocycles. The molecule has 2 bridgehead atoms. The van der Waals surface area contributed by atoms with Crippen LogP contribution >= 0.6 is 0 Å². The van der Waals surface area contributed by atoms with Gasteiger partial charge in [0.25, 0.3) is 0 Å². The number of pyridine rings is 1. The fourth-order valence-electron chi connectivity index (χ4n) is 4.26. The summed E-state index contributed by atoms with van der Waals surface area (Å²) in [7, 11) is 0. The Hall–Kier alpha value is -2.17. The Morgan fingerprint density at radius 3 is 2.79 bits per heavy atom. The zero-order valence-electron chi connectivity index (χ0n) is 13.8. The van der Waals surface area contributed by atoms with Crippen molar-refractivity contribution in [3.8, 4) is 0 Å². The minimum atomic E-state index is 0.0130. The standard InChI is InChI=1S/C19H23N3O2/c23-18-13-4-3-5-14(18)11-15(10-13)19(24)20-8-7-16-12-22-9-2-1-6-17(22)21-16/h1-2,6,9,12-15H,3-5,7-8,10-11H2,(H,20,24)/t13-,14+,15?. The summed E-state index contributed by atoms with van der Waals surface area (Å²) < 4.78 is 1.99. The Balaban J connectivity index is 1.31. The third kappa shape index (κ3) is 2.95. The third-order valence-corrected chi connectivity index (χ3v) is 5.51. The molecule has 2 aromatic rings. The highest BCUT2D eigenvalue weighted by molar-refractivity contribution is 5.88. The van der Waals surface area contributed by atoms with E-state index in [1.807, 2.05) is 35.0 Å². The van der Waals surface area contributed by atoms with E-state index in [1.165, 1.54) is 0 Å². The van der Waals surface area contributed by atoms with Crippen LogP contribution in [0.15, 0.2) is 30.6 Å². The van der Waals surface area contributed by atoms with Gasteiger partial charge in [-0.15, -0.1) is 0 Å². The van der Waals surface area contributed by atoms with Gasteiger partial charge in [0.05, 0.1) is 5.69 Å². The molecule has 0 radical (unpaired) electrons. The van der Waals surface area contributed by atoms with Gasteiger partial charge in [-0.25, -0.2) is 4.98 Å². The topological polar surface area (TPSA) is 63.5 Å². The maximum absolute atomic E-state index is 12.5. The molecule has 1 amide bonds. The molecule has 2 saturated carbocycles. The van der Waals surface area contributed by atoms with Crippen molar-refractivity contribution >= 4 is 17.3 Å². The fraction of sp³-hybridized carbons (Fsp3) is 0.526. The molecule has 0 spiro atoms. The molecule has 5 heteroatoms. The molecule has 2 aliphatic carbocycles. The second-order valence-corrected chi connectivity index (χ2v) is 7.13. The van der Waals surface area contributed by atoms with Crippen molar-refractivity contribution in [1.29, 1.82) is 0 Å². The average Bonchev–Trinajstić information content (AvgIpc) is 2.97. The van der Waals surface area contributed by atoms with E-state index in [1.54, 1.807) is 0 Å². The summed E-state index contributed by atoms with van der Waals surface area (Å²) in [5.41, 5.74) is 1.91. The van der Waals surface area contributed by atoms with Crippen LogP contribution in [-0.2, 0) is 16.0 Å². The third-order valence-electron chi connectivity index (χ3n) is 5.51. The smallest absolute Gasteiger partial charge is 0.223 e. The first-order valence-electron chi connectivity index (χ1n) is 8.95. The predicted molar refractivity (Wildman–Crippen MR) is 90.5 cm³/mol. The van der Waals surface area contributed by atoms with Gasteiger partial charge in [0, 0.05) is 43.1 Å². The maximum atomic E-state index is 12.5. The second-order valence-electron chi connectivity index (χ2n) is 7.13. The molecule has 4 rings (SSSR count). The Morgan fingerprint density at radius 1 is 1.25 bits per heavy atom. The summed E-state index contributed by atoms with van der Waals surface area (Å²) in [6, 6.07) is 5.91. The lowest BCUT2D eigenvalue weighted by atomic mass is 9.67. The number of aromatic nitrogens is 2. The minimum absolute atomic E-state index is 0.0130. The number of ketones is 1. The lowest BCUT2D eigenvalue weighted by Gasteiger charge is -2.36. The molecule has 2 aliphatic rings. The number of hydrogen-bond donors (Lipinski definition) is 1. The van der Waals surface area contributed by atoms with Gasteiger partial charge in [-0.1, -0.05) is 12.5 Å². The number of nitrogens with one attached hydrogen (secondary N) is 1. The van der Waals surface area contributed by atoms with Crippen LogP contribution in [0.1, 0.15) is 37.8 Å². The van der Waals surface area contributed by atoms with Crippen LogP contribution in [0.4, 0.5) is 0 Å². The molecule has 3 atom stereocenters. The predicted octanol–water partition coefficient (Wildman–Crippen LogP) is 2.39. The zero-order valence-corrected chi connectivity index (χ0v) is 13.8. The average molecular weight is 325 g/mol. The molecule has 126 valence electrons. The number of hydrogen-bond acceptors (Lipinski definition) is 3. The van der Waals surface area contributed by atoms with E-state index in [0.717, 1.165) is 49.9 Å². The molecule has 5 nitrogen and oxygen atoms in total. The SMILES string of the molecule is O=C(NCCc1cn2ccccc2n1)C1C[C@H]2CCC[C@@H](C1)C2=O. The lowest BCUT2D eigenvalue weighted by molar-refractivity contribution is -0.137. The van der Waals surface area contributed by atoms with E-state index in [4.69, 9.17) is 0 Å². The summed E-state index contributed by atoms with van der Waals surface area (Å²) in [4.78, 5) is 29.1. The highest BCUT2D eigenvalue weighted by Crippen LogP contribution is 2.40. The van der Waals surface area contributed by atoms with Crippen molar-refractivity contribution < 1.29 is 9.59 Å². The van der Waals surface area contributed by atoms with Crippen molar-refractivity contribution in [3.05, 3.63) is 36.3 Å². The van der Waals surface area contributed by atoms with E-state index in [9.17, 15) is 9.59 Å². The van der Waals surface area contributed by atoms with Gasteiger partial charge in [-0.05, 0) is 37.8 Å². The molecule has 0 saturated heterocycles. The number of fused-ring (bicyclic) bond motifs is 3. The Kier molecular flexibility index (Phi) is 4.08. The number of rotatable bonds is 4. The number of nitrogens with zero attached hydrogens (tertiary/aromatic N) is 2. The summed E-state index contributed by atoms with van der Waals surface area (Å²) in [5, 5.41) is 3.05. The molecule has 1 unspecified atom stereocenters. The van der Waals surface area contributed by atoms with E-state index >= 15 is 0 Å². The minimum Gasteiger partial charge on any atom is -0.355 e. The van der Waals surface area contributed by atoms with Crippen LogP contribution in [0.2, 0.25) is 0 Å². The van der Waals surface area contributed by atoms with Gasteiger partial charge < -0.3 is 9.72 Å². The quantitative estimate of drug-likeness (QED) is 0.939. The highest BCUT2D eigenvalue weighted by Gasteiger charge is 2.41. The monoisotopic (exact) mass is 325 g/mol. The summed E-state index contributed by atoms with van der Waals surface area (Å²) in [6.07, 6.45) is 9.29. The van der Waals surface area contributed by atoms with Crippen LogP contribution in [0.3, 0.4) is 0 Å². The molecule has 1 N–H and O–H groups in total. The second kappa shape index (κ2) is 6.38. The molecule has 2 fully saturated rings. The summed E-state index contributed by atoms with van der Waals surface area (Å²) in [5.74, 6) is 0.801. The zero-order chi connectivity index (χ0) is 16.5. The van der Waals surface area contributed by atoms with E-state index in [0.29, 0.717) is 12.3 Å². The summed E-state index contributed by atoms with van der Waals surface area (Å²) >= 11 is 0. The first-order valence-corrected chi connectivity index (χ1v) is 8.95. The first-order chi connectivity index (χ1) is 11.7. The van der Waals surface area contributed by atoms with E-state index in [2.05, 4.69) is 10.3 Å². The number of amides is 1. The van der Waals surface area contributed by atoms with Gasteiger partial charge >= 0.3 is 0 Å². The van der Waals surface area contributed by atoms with Crippen molar-refractivity contribution in [2.45, 2.75) is 38.5 Å². The van der Waals surface area contributed by atoms with Gasteiger partial charge in [0.15, 0.2) is 0 Å². The van der Waals surface area contributed by atoms with Crippen molar-refractivity contribution in [2.75, 3.05) is 6.54 Å². The Bertz CT molecular complexity index is 718. The number of imidazole rings is 1. The Morgan fingerprint density at radius 2 is 2.04 bits per heavy atom. The van der Waals surface area contributed by atoms with E-state index < -0.39 is 0 Å². The van der Waals surface area contributed by atoms with Crippen LogP contribution in [0.25, 0.3) is 5.65 Å². The van der Waals surface area contributed by atoms with Gasteiger partial charge in [-0.3, -0.25) is 9.59 Å². The van der Waals surface area contributed by atoms with Crippen LogP contribution in [0, 0.1) is 17.8 Å². The number of carbonyl (C=O) groups is 2. The fourth-order valence-corrected chi connectivity index (χ4v) is 4.26. The Labute approximate surface area is 141 Å². The van der Waals surface area contributed by atoms with Crippen molar-refractivity contribution in [3.63, 3.8) is 0 Å². The van der Waals surface area contributed by atoms with Crippen LogP contribution < -0.4 is 5.32 Å². The normalized spacial score (nSPS) is 26.5. The van der Waals surface area contributed by atoms with Crippen molar-refractivity contribution in [2.24, 2.45) is 17.8 Å². The molecule has 0 aromatic carbocycles. The molecule has 0 aliphatic heterocycles. The molecule has 24 heavy (non-hydrogen) atoms. The molecular weight excluding hydrogens is 302 g/mol. The number of carbonyl (C=O) groups excluding carboxylic acids is 2.